The van der Waals surface area contributed by atoms with Crippen LogP contribution in [0.5, 0.6) is 5.75 Å². The minimum absolute atomic E-state index is 0.145. The first kappa shape index (κ1) is 26.6. The molecule has 5 rings (SSSR count). The summed E-state index contributed by atoms with van der Waals surface area (Å²) in [5.74, 6) is 0.642. The molecule has 3 aromatic carbocycles. The quantitative estimate of drug-likeness (QED) is 0.189. The second-order valence-electron chi connectivity index (χ2n) is 9.66. The summed E-state index contributed by atoms with van der Waals surface area (Å²) >= 11 is 0. The van der Waals surface area contributed by atoms with E-state index in [4.69, 9.17) is 14.5 Å². The molecule has 0 unspecified atom stereocenters. The Bertz CT molecular complexity index is 1750. The van der Waals surface area contributed by atoms with Gasteiger partial charge in [0.2, 0.25) is 0 Å². The first-order valence-electron chi connectivity index (χ1n) is 13.0. The lowest BCUT2D eigenvalue weighted by Crippen LogP contribution is -2.20. The number of ether oxygens (including phenoxy) is 2. The van der Waals surface area contributed by atoms with Crippen LogP contribution >= 0.6 is 0 Å². The molecule has 0 radical (unpaired) electrons. The molecule has 0 aliphatic rings. The van der Waals surface area contributed by atoms with Gasteiger partial charge in [-0.05, 0) is 70.2 Å². The molecule has 0 N–H and O–H groups in total. The maximum Gasteiger partial charge on any atom is 0.344 e. The Morgan fingerprint density at radius 3 is 2.40 bits per heavy atom. The Balaban J connectivity index is 1.45. The summed E-state index contributed by atoms with van der Waals surface area (Å²) in [6.07, 6.45) is 1.51. The molecule has 0 saturated heterocycles. The average molecular weight is 535 g/mol. The number of benzene rings is 3. The molecule has 0 spiro atoms. The van der Waals surface area contributed by atoms with Crippen molar-refractivity contribution in [3.05, 3.63) is 112 Å². The molecule has 40 heavy (non-hydrogen) atoms. The van der Waals surface area contributed by atoms with E-state index in [9.17, 15) is 9.59 Å². The number of para-hydroxylation sites is 1. The van der Waals surface area contributed by atoms with Crippen LogP contribution in [0, 0.1) is 13.8 Å². The van der Waals surface area contributed by atoms with Gasteiger partial charge >= 0.3 is 5.97 Å². The van der Waals surface area contributed by atoms with Crippen LogP contribution in [0.15, 0.2) is 94.8 Å². The smallest absolute Gasteiger partial charge is 0.344 e. The summed E-state index contributed by atoms with van der Waals surface area (Å²) in [6.45, 7) is 7.46. The molecule has 0 amide bonds. The zero-order valence-electron chi connectivity index (χ0n) is 22.9. The normalized spacial score (nSPS) is 11.4. The van der Waals surface area contributed by atoms with Crippen molar-refractivity contribution >= 4 is 23.1 Å². The van der Waals surface area contributed by atoms with Crippen molar-refractivity contribution < 1.29 is 14.3 Å². The predicted octanol–water partition coefficient (Wildman–Crippen LogP) is 5.68. The number of nitrogens with zero attached hydrogens (tertiary/aromatic N) is 4. The van der Waals surface area contributed by atoms with Crippen molar-refractivity contribution in [2.45, 2.75) is 33.8 Å². The van der Waals surface area contributed by atoms with Crippen molar-refractivity contribution in [3.63, 3.8) is 0 Å². The average Bonchev–Trinajstić information content (AvgIpc) is 3.24. The molecule has 8 nitrogen and oxygen atoms in total. The van der Waals surface area contributed by atoms with E-state index < -0.39 is 5.97 Å². The van der Waals surface area contributed by atoms with Gasteiger partial charge in [-0.1, -0.05) is 42.5 Å². The zero-order valence-corrected chi connectivity index (χ0v) is 22.9. The second-order valence-corrected chi connectivity index (χ2v) is 9.66. The Morgan fingerprint density at radius 1 is 0.975 bits per heavy atom. The monoisotopic (exact) mass is 534 g/mol. The van der Waals surface area contributed by atoms with E-state index in [1.54, 1.807) is 26.1 Å². The SMILES string of the molecule is Cc1cc(C=Nn2c(-c3ccccc3)nc3ccccc3c2=O)c(C)n1-c1ccc(OCC(=O)OC(C)C)cc1. The Hall–Kier alpha value is -4.98. The highest BCUT2D eigenvalue weighted by Gasteiger charge is 2.14. The second kappa shape index (κ2) is 11.4. The Morgan fingerprint density at radius 2 is 1.68 bits per heavy atom. The first-order chi connectivity index (χ1) is 19.3. The number of hydrogen-bond donors (Lipinski definition) is 0. The van der Waals surface area contributed by atoms with Gasteiger partial charge in [0.05, 0.1) is 23.2 Å². The Labute approximate surface area is 232 Å². The highest BCUT2D eigenvalue weighted by Crippen LogP contribution is 2.23. The van der Waals surface area contributed by atoms with E-state index in [-0.39, 0.29) is 18.3 Å². The van der Waals surface area contributed by atoms with Crippen LogP contribution in [-0.2, 0) is 9.53 Å². The maximum atomic E-state index is 13.5. The first-order valence-corrected chi connectivity index (χ1v) is 13.0. The lowest BCUT2D eigenvalue weighted by molar-refractivity contribution is -0.149. The van der Waals surface area contributed by atoms with Crippen LogP contribution in [0.3, 0.4) is 0 Å². The van der Waals surface area contributed by atoms with Crippen molar-refractivity contribution in [2.75, 3.05) is 6.61 Å². The third-order valence-corrected chi connectivity index (χ3v) is 6.39. The molecule has 0 saturated carbocycles. The number of hydrogen-bond acceptors (Lipinski definition) is 6. The van der Waals surface area contributed by atoms with Crippen LogP contribution in [0.1, 0.15) is 30.8 Å². The van der Waals surface area contributed by atoms with E-state index in [2.05, 4.69) is 9.67 Å². The molecular formula is C32H30N4O4. The third-order valence-electron chi connectivity index (χ3n) is 6.39. The lowest BCUT2D eigenvalue weighted by atomic mass is 10.2. The van der Waals surface area contributed by atoms with E-state index in [0.717, 1.165) is 28.2 Å². The minimum Gasteiger partial charge on any atom is -0.482 e. The molecule has 8 heteroatoms. The molecule has 0 bridgehead atoms. The summed E-state index contributed by atoms with van der Waals surface area (Å²) in [6, 6.07) is 26.4. The van der Waals surface area contributed by atoms with Crippen LogP contribution in [0.2, 0.25) is 0 Å². The van der Waals surface area contributed by atoms with E-state index in [1.165, 1.54) is 4.68 Å². The maximum absolute atomic E-state index is 13.5. The summed E-state index contributed by atoms with van der Waals surface area (Å²) < 4.78 is 14.1. The van der Waals surface area contributed by atoms with Crippen LogP contribution in [0.4, 0.5) is 0 Å². The van der Waals surface area contributed by atoms with E-state index in [0.29, 0.717) is 22.5 Å². The van der Waals surface area contributed by atoms with Gasteiger partial charge in [-0.25, -0.2) is 9.78 Å². The Kier molecular flexibility index (Phi) is 7.59. The third kappa shape index (κ3) is 5.56. The molecule has 0 atom stereocenters. The van der Waals surface area contributed by atoms with Crippen LogP contribution < -0.4 is 10.3 Å². The number of aryl methyl sites for hydroxylation is 1. The summed E-state index contributed by atoms with van der Waals surface area (Å²) in [4.78, 5) is 30.0. The molecule has 2 aromatic heterocycles. The fourth-order valence-corrected chi connectivity index (χ4v) is 4.57. The van der Waals surface area contributed by atoms with Crippen molar-refractivity contribution in [1.82, 2.24) is 14.2 Å². The molecule has 0 aliphatic heterocycles. The molecule has 2 heterocycles. The number of carbonyl (C=O) groups is 1. The van der Waals surface area contributed by atoms with Crippen molar-refractivity contribution in [3.8, 4) is 22.8 Å². The topological polar surface area (TPSA) is 87.7 Å². The molecule has 0 fully saturated rings. The van der Waals surface area contributed by atoms with Gasteiger partial charge in [-0.2, -0.15) is 9.78 Å². The van der Waals surface area contributed by atoms with Crippen molar-refractivity contribution in [1.29, 1.82) is 0 Å². The van der Waals surface area contributed by atoms with E-state index >= 15 is 0 Å². The molecule has 5 aromatic rings. The number of carbonyl (C=O) groups excluding carboxylic acids is 1. The molecule has 0 aliphatic carbocycles. The number of fused-ring (bicyclic) bond motifs is 1. The highest BCUT2D eigenvalue weighted by atomic mass is 16.6. The minimum atomic E-state index is -0.406. The van der Waals surface area contributed by atoms with Gasteiger partial charge in [-0.3, -0.25) is 4.79 Å². The predicted molar refractivity (Wildman–Crippen MR) is 156 cm³/mol. The fourth-order valence-electron chi connectivity index (χ4n) is 4.57. The van der Waals surface area contributed by atoms with Gasteiger partial charge in [-0.15, -0.1) is 0 Å². The standard InChI is InChI=1S/C32H30N4O4/c1-21(2)40-30(37)20-39-27-16-14-26(15-17-27)35-22(3)18-25(23(35)4)19-33-36-31(24-10-6-5-7-11-24)34-29-13-9-8-12-28(29)32(36)38/h5-19,21H,20H2,1-4H3. The number of aromatic nitrogens is 3. The van der Waals surface area contributed by atoms with Crippen LogP contribution in [0.25, 0.3) is 28.0 Å². The van der Waals surface area contributed by atoms with Gasteiger partial charge in [0.25, 0.3) is 5.56 Å². The summed E-state index contributed by atoms with van der Waals surface area (Å²) in [7, 11) is 0. The van der Waals surface area contributed by atoms with Crippen LogP contribution in [-0.4, -0.2) is 39.1 Å². The highest BCUT2D eigenvalue weighted by molar-refractivity contribution is 5.83. The summed E-state index contributed by atoms with van der Waals surface area (Å²) in [5.41, 5.74) is 4.95. The van der Waals surface area contributed by atoms with E-state index in [1.807, 2.05) is 92.7 Å². The fraction of sp³-hybridized carbons (Fsp3) is 0.188. The van der Waals surface area contributed by atoms with Gasteiger partial charge in [0.1, 0.15) is 5.75 Å². The lowest BCUT2D eigenvalue weighted by Gasteiger charge is -2.12. The largest absolute Gasteiger partial charge is 0.482 e. The van der Waals surface area contributed by atoms with Gasteiger partial charge in [0.15, 0.2) is 12.4 Å². The molecule has 202 valence electrons. The van der Waals surface area contributed by atoms with Gasteiger partial charge in [0, 0.05) is 28.2 Å². The summed E-state index contributed by atoms with van der Waals surface area (Å²) in [5, 5.41) is 5.13. The van der Waals surface area contributed by atoms with Gasteiger partial charge < -0.3 is 14.0 Å². The van der Waals surface area contributed by atoms with Crippen molar-refractivity contribution in [2.24, 2.45) is 5.10 Å². The number of esters is 1. The zero-order chi connectivity index (χ0) is 28.2. The molecular weight excluding hydrogens is 504 g/mol. The number of rotatable bonds is 8.